The van der Waals surface area contributed by atoms with Crippen LogP contribution in [0.3, 0.4) is 0 Å². The minimum atomic E-state index is -0.380. The molecule has 4 heteroatoms. The molecule has 3 N–H and O–H groups in total. The van der Waals surface area contributed by atoms with Crippen molar-refractivity contribution in [3.63, 3.8) is 0 Å². The molecule has 0 saturated carbocycles. The van der Waals surface area contributed by atoms with E-state index in [1.807, 2.05) is 0 Å². The lowest BCUT2D eigenvalue weighted by atomic mass is 9.88. The summed E-state index contributed by atoms with van der Waals surface area (Å²) >= 11 is 0. The molecular formula is C11H22N2O2. The van der Waals surface area contributed by atoms with E-state index in [-0.39, 0.29) is 17.4 Å². The predicted octanol–water partition coefficient (Wildman–Crippen LogP) is 0.513. The summed E-state index contributed by atoms with van der Waals surface area (Å²) in [4.78, 5) is 11.6. The molecule has 1 saturated heterocycles. The average molecular weight is 214 g/mol. The van der Waals surface area contributed by atoms with Gasteiger partial charge in [0.25, 0.3) is 0 Å². The number of amides is 1. The maximum Gasteiger partial charge on any atom is 0.236 e. The zero-order valence-electron chi connectivity index (χ0n) is 9.88. The fourth-order valence-electron chi connectivity index (χ4n) is 1.60. The van der Waals surface area contributed by atoms with Crippen LogP contribution in [0.15, 0.2) is 0 Å². The lowest BCUT2D eigenvalue weighted by Gasteiger charge is -2.38. The topological polar surface area (TPSA) is 64.4 Å². The second kappa shape index (κ2) is 4.94. The quantitative estimate of drug-likeness (QED) is 0.701. The Morgan fingerprint density at radius 2 is 2.13 bits per heavy atom. The largest absolute Gasteiger partial charge is 0.380 e. The van der Waals surface area contributed by atoms with Gasteiger partial charge in [-0.3, -0.25) is 4.79 Å². The van der Waals surface area contributed by atoms with E-state index in [0.717, 1.165) is 19.6 Å². The third-order valence-electron chi connectivity index (χ3n) is 2.65. The van der Waals surface area contributed by atoms with Crippen LogP contribution in [0.2, 0.25) is 0 Å². The van der Waals surface area contributed by atoms with Crippen molar-refractivity contribution in [3.05, 3.63) is 0 Å². The van der Waals surface area contributed by atoms with Gasteiger partial charge < -0.3 is 15.8 Å². The summed E-state index contributed by atoms with van der Waals surface area (Å²) in [6, 6.07) is -0.380. The molecule has 0 spiro atoms. The minimum Gasteiger partial charge on any atom is -0.380 e. The minimum absolute atomic E-state index is 0.0446. The molecule has 88 valence electrons. The van der Waals surface area contributed by atoms with Crippen LogP contribution in [0.25, 0.3) is 0 Å². The lowest BCUT2D eigenvalue weighted by Crippen LogP contribution is -2.51. The first-order valence-corrected chi connectivity index (χ1v) is 5.54. The molecule has 1 aliphatic rings. The molecule has 4 nitrogen and oxygen atoms in total. The Hall–Kier alpha value is -0.610. The number of carbonyl (C=O) groups is 1. The molecule has 1 aliphatic heterocycles. The zero-order chi connectivity index (χ0) is 11.5. The number of hydrogen-bond acceptors (Lipinski definition) is 3. The summed E-state index contributed by atoms with van der Waals surface area (Å²) in [6.07, 6.45) is 0.735. The second-order valence-electron chi connectivity index (χ2n) is 5.26. The highest BCUT2D eigenvalue weighted by Gasteiger charge is 2.33. The third kappa shape index (κ3) is 3.80. The van der Waals surface area contributed by atoms with E-state index < -0.39 is 0 Å². The molecule has 1 unspecified atom stereocenters. The molecule has 1 rings (SSSR count). The van der Waals surface area contributed by atoms with Crippen molar-refractivity contribution in [1.82, 2.24) is 5.32 Å². The van der Waals surface area contributed by atoms with Gasteiger partial charge in [-0.15, -0.1) is 0 Å². The van der Waals surface area contributed by atoms with Gasteiger partial charge >= 0.3 is 0 Å². The fraction of sp³-hybridized carbons (Fsp3) is 0.909. The van der Waals surface area contributed by atoms with Gasteiger partial charge in [0.1, 0.15) is 0 Å². The SMILES string of the molecule is CC(C)CC(N)C(=O)NCC1(C)COC1. The Kier molecular flexibility index (Phi) is 4.11. The van der Waals surface area contributed by atoms with Crippen LogP contribution in [0.4, 0.5) is 0 Å². The summed E-state index contributed by atoms with van der Waals surface area (Å²) in [5.74, 6) is 0.408. The number of ether oxygens (including phenoxy) is 1. The molecule has 1 fully saturated rings. The summed E-state index contributed by atoms with van der Waals surface area (Å²) in [6.45, 7) is 8.35. The maximum absolute atomic E-state index is 11.6. The van der Waals surface area contributed by atoms with Crippen molar-refractivity contribution in [2.45, 2.75) is 33.2 Å². The van der Waals surface area contributed by atoms with E-state index in [0.29, 0.717) is 12.5 Å². The van der Waals surface area contributed by atoms with Gasteiger partial charge in [-0.1, -0.05) is 20.8 Å². The van der Waals surface area contributed by atoms with Crippen molar-refractivity contribution < 1.29 is 9.53 Å². The summed E-state index contributed by atoms with van der Waals surface area (Å²) < 4.78 is 5.11. The van der Waals surface area contributed by atoms with Gasteiger partial charge in [-0.2, -0.15) is 0 Å². The molecule has 15 heavy (non-hydrogen) atoms. The molecule has 1 atom stereocenters. The van der Waals surface area contributed by atoms with Gasteiger partial charge in [0, 0.05) is 12.0 Å². The van der Waals surface area contributed by atoms with Crippen molar-refractivity contribution in [1.29, 1.82) is 0 Å². The van der Waals surface area contributed by atoms with Gasteiger partial charge in [0.15, 0.2) is 0 Å². The standard InChI is InChI=1S/C11H22N2O2/c1-8(2)4-9(12)10(14)13-5-11(3)6-15-7-11/h8-9H,4-7,12H2,1-3H3,(H,13,14). The van der Waals surface area contributed by atoms with E-state index in [1.54, 1.807) is 0 Å². The summed E-state index contributed by atoms with van der Waals surface area (Å²) in [5.41, 5.74) is 5.88. The monoisotopic (exact) mass is 214 g/mol. The van der Waals surface area contributed by atoms with Crippen LogP contribution in [-0.4, -0.2) is 31.7 Å². The van der Waals surface area contributed by atoms with Crippen LogP contribution >= 0.6 is 0 Å². The van der Waals surface area contributed by atoms with Crippen LogP contribution in [-0.2, 0) is 9.53 Å². The Labute approximate surface area is 91.5 Å². The average Bonchev–Trinajstić information content (AvgIpc) is 2.10. The second-order valence-corrected chi connectivity index (χ2v) is 5.26. The van der Waals surface area contributed by atoms with Crippen molar-refractivity contribution in [3.8, 4) is 0 Å². The van der Waals surface area contributed by atoms with E-state index >= 15 is 0 Å². The number of nitrogens with one attached hydrogen (secondary N) is 1. The normalized spacial score (nSPS) is 20.9. The highest BCUT2D eigenvalue weighted by molar-refractivity contribution is 5.81. The van der Waals surface area contributed by atoms with E-state index in [2.05, 4.69) is 26.1 Å². The molecule has 0 aliphatic carbocycles. The van der Waals surface area contributed by atoms with Crippen LogP contribution in [0.1, 0.15) is 27.2 Å². The summed E-state index contributed by atoms with van der Waals surface area (Å²) in [7, 11) is 0. The first-order valence-electron chi connectivity index (χ1n) is 5.54. The predicted molar refractivity (Wildman–Crippen MR) is 59.4 cm³/mol. The van der Waals surface area contributed by atoms with Crippen molar-refractivity contribution >= 4 is 5.91 Å². The highest BCUT2D eigenvalue weighted by Crippen LogP contribution is 2.25. The lowest BCUT2D eigenvalue weighted by molar-refractivity contribution is -0.128. The first-order chi connectivity index (χ1) is 6.93. The van der Waals surface area contributed by atoms with Gasteiger partial charge in [-0.05, 0) is 12.3 Å². The van der Waals surface area contributed by atoms with Crippen molar-refractivity contribution in [2.24, 2.45) is 17.1 Å². The van der Waals surface area contributed by atoms with Gasteiger partial charge in [0.2, 0.25) is 5.91 Å². The van der Waals surface area contributed by atoms with E-state index in [1.165, 1.54) is 0 Å². The molecule has 0 radical (unpaired) electrons. The fourth-order valence-corrected chi connectivity index (χ4v) is 1.60. The molecule has 1 amide bonds. The number of hydrogen-bond donors (Lipinski definition) is 2. The maximum atomic E-state index is 11.6. The third-order valence-corrected chi connectivity index (χ3v) is 2.65. The van der Waals surface area contributed by atoms with Gasteiger partial charge in [0.05, 0.1) is 19.3 Å². The van der Waals surface area contributed by atoms with E-state index in [9.17, 15) is 4.79 Å². The smallest absolute Gasteiger partial charge is 0.236 e. The van der Waals surface area contributed by atoms with Crippen LogP contribution in [0.5, 0.6) is 0 Å². The Bertz CT molecular complexity index is 225. The Morgan fingerprint density at radius 1 is 1.53 bits per heavy atom. The van der Waals surface area contributed by atoms with Crippen LogP contribution in [0, 0.1) is 11.3 Å². The van der Waals surface area contributed by atoms with Crippen molar-refractivity contribution in [2.75, 3.05) is 19.8 Å². The van der Waals surface area contributed by atoms with E-state index in [4.69, 9.17) is 10.5 Å². The number of nitrogens with two attached hydrogens (primary N) is 1. The molecule has 0 aromatic heterocycles. The molecule has 1 heterocycles. The zero-order valence-corrected chi connectivity index (χ0v) is 9.88. The Balaban J connectivity index is 2.23. The molecule has 0 bridgehead atoms. The number of rotatable bonds is 5. The van der Waals surface area contributed by atoms with Gasteiger partial charge in [-0.25, -0.2) is 0 Å². The Morgan fingerprint density at radius 3 is 2.53 bits per heavy atom. The highest BCUT2D eigenvalue weighted by atomic mass is 16.5. The first kappa shape index (κ1) is 12.5. The molecule has 0 aromatic carbocycles. The molecule has 0 aromatic rings. The summed E-state index contributed by atoms with van der Waals surface area (Å²) in [5, 5.41) is 2.89. The number of carbonyl (C=O) groups excluding carboxylic acids is 1. The van der Waals surface area contributed by atoms with Crippen LogP contribution < -0.4 is 11.1 Å². The molecular weight excluding hydrogens is 192 g/mol.